The Morgan fingerprint density at radius 3 is 2.55 bits per heavy atom. The van der Waals surface area contributed by atoms with Crippen LogP contribution in [0.3, 0.4) is 0 Å². The zero-order valence-corrected chi connectivity index (χ0v) is 18.9. The van der Waals surface area contributed by atoms with Crippen LogP contribution in [0.15, 0.2) is 30.5 Å². The summed E-state index contributed by atoms with van der Waals surface area (Å²) < 4.78 is 5.14. The number of ether oxygens (including phenoxy) is 1. The number of rotatable bonds is 6. The first-order chi connectivity index (χ1) is 15.4. The molecule has 6 N–H and O–H groups in total. The maximum absolute atomic E-state index is 12.6. The van der Waals surface area contributed by atoms with E-state index in [4.69, 9.17) is 10.5 Å². The normalized spacial score (nSPS) is 14.2. The maximum Gasteiger partial charge on any atom is 0.316 e. The number of carbonyl (C=O) groups is 4. The molecule has 0 saturated carbocycles. The van der Waals surface area contributed by atoms with Crippen molar-refractivity contribution in [1.29, 1.82) is 0 Å². The molecule has 0 spiro atoms. The Labute approximate surface area is 190 Å². The third-order valence-corrected chi connectivity index (χ3v) is 4.77. The number of urea groups is 1. The van der Waals surface area contributed by atoms with E-state index in [9.17, 15) is 19.2 Å². The van der Waals surface area contributed by atoms with E-state index in [1.165, 1.54) is 0 Å². The number of H-pyrrole nitrogens is 1. The molecule has 2 heterocycles. The van der Waals surface area contributed by atoms with E-state index in [2.05, 4.69) is 20.9 Å². The Balaban J connectivity index is 1.72. The van der Waals surface area contributed by atoms with Gasteiger partial charge < -0.3 is 31.4 Å². The fourth-order valence-corrected chi connectivity index (χ4v) is 3.42. The van der Waals surface area contributed by atoms with Crippen LogP contribution in [-0.4, -0.2) is 34.4 Å². The molecule has 2 aromatic rings. The zero-order chi connectivity index (χ0) is 24.3. The average Bonchev–Trinajstić information content (AvgIpc) is 3.27. The lowest BCUT2D eigenvalue weighted by Gasteiger charge is -2.19. The lowest BCUT2D eigenvalue weighted by atomic mass is 9.99. The fraction of sp³-hybridized carbons (Fsp3) is 0.304. The van der Waals surface area contributed by atoms with Crippen LogP contribution < -0.4 is 21.7 Å². The topological polar surface area (TPSA) is 155 Å². The van der Waals surface area contributed by atoms with Crippen LogP contribution in [-0.2, 0) is 25.7 Å². The molecule has 10 nitrogen and oxygen atoms in total. The fourth-order valence-electron chi connectivity index (χ4n) is 3.42. The van der Waals surface area contributed by atoms with E-state index in [1.54, 1.807) is 52.1 Å². The van der Waals surface area contributed by atoms with Crippen LogP contribution in [0, 0.1) is 0 Å². The van der Waals surface area contributed by atoms with Crippen molar-refractivity contribution in [2.45, 2.75) is 46.3 Å². The summed E-state index contributed by atoms with van der Waals surface area (Å²) >= 11 is 0. The Hall–Kier alpha value is -4.08. The highest BCUT2D eigenvalue weighted by Crippen LogP contribution is 2.38. The van der Waals surface area contributed by atoms with Gasteiger partial charge in [-0.05, 0) is 63.1 Å². The largest absolute Gasteiger partial charge is 0.460 e. The quantitative estimate of drug-likeness (QED) is 0.258. The van der Waals surface area contributed by atoms with Gasteiger partial charge in [-0.2, -0.15) is 0 Å². The van der Waals surface area contributed by atoms with Crippen LogP contribution >= 0.6 is 0 Å². The summed E-state index contributed by atoms with van der Waals surface area (Å²) in [5.74, 6) is -1.30. The highest BCUT2D eigenvalue weighted by Gasteiger charge is 2.27. The van der Waals surface area contributed by atoms with Gasteiger partial charge in [-0.25, -0.2) is 4.79 Å². The highest BCUT2D eigenvalue weighted by molar-refractivity contribution is 6.36. The molecule has 0 radical (unpaired) electrons. The summed E-state index contributed by atoms with van der Waals surface area (Å²) in [6.45, 7) is 7.21. The van der Waals surface area contributed by atoms with Crippen molar-refractivity contribution < 1.29 is 23.9 Å². The van der Waals surface area contributed by atoms with E-state index in [1.807, 2.05) is 6.07 Å². The van der Waals surface area contributed by atoms with Gasteiger partial charge in [-0.15, -0.1) is 0 Å². The molecule has 1 aliphatic rings. The average molecular weight is 453 g/mol. The number of aromatic nitrogens is 1. The molecule has 0 saturated heterocycles. The Bertz CT molecular complexity index is 1160. The van der Waals surface area contributed by atoms with Gasteiger partial charge in [-0.1, -0.05) is 0 Å². The molecule has 1 aromatic heterocycles. The Morgan fingerprint density at radius 2 is 1.88 bits per heavy atom. The molecule has 3 rings (SSSR count). The number of nitrogens with one attached hydrogen (secondary N) is 4. The molecule has 0 fully saturated rings. The van der Waals surface area contributed by atoms with Crippen molar-refractivity contribution in [2.24, 2.45) is 5.73 Å². The van der Waals surface area contributed by atoms with Crippen molar-refractivity contribution in [1.82, 2.24) is 10.3 Å². The predicted molar refractivity (Wildman–Crippen MR) is 124 cm³/mol. The number of nitrogens with two attached hydrogens (primary N) is 1. The molecular weight excluding hydrogens is 426 g/mol. The third kappa shape index (κ3) is 6.00. The number of fused-ring (bicyclic) bond motifs is 1. The minimum absolute atomic E-state index is 0.205. The summed E-state index contributed by atoms with van der Waals surface area (Å²) in [5.41, 5.74) is 8.89. The number of hydrogen-bond donors (Lipinski definition) is 5. The molecule has 174 valence electrons. The number of hydrogen-bond acceptors (Lipinski definition) is 5. The summed E-state index contributed by atoms with van der Waals surface area (Å²) in [6.07, 6.45) is 1.35. The first-order valence-corrected chi connectivity index (χ1v) is 10.3. The first kappa shape index (κ1) is 23.6. The minimum Gasteiger partial charge on any atom is -0.460 e. The molecule has 0 aliphatic carbocycles. The monoisotopic (exact) mass is 453 g/mol. The first-order valence-electron chi connectivity index (χ1n) is 10.3. The van der Waals surface area contributed by atoms with E-state index in [0.29, 0.717) is 33.8 Å². The number of esters is 1. The predicted octanol–water partition coefficient (Wildman–Crippen LogP) is 2.74. The smallest absolute Gasteiger partial charge is 0.316 e. The second kappa shape index (κ2) is 9.19. The molecule has 1 aliphatic heterocycles. The number of anilines is 2. The van der Waals surface area contributed by atoms with Crippen molar-refractivity contribution in [3.05, 3.63) is 47.3 Å². The molecule has 0 bridgehead atoms. The number of allylic oxidation sites excluding steroid dienone is 1. The Kier molecular flexibility index (Phi) is 6.57. The summed E-state index contributed by atoms with van der Waals surface area (Å²) in [4.78, 5) is 50.7. The maximum atomic E-state index is 12.6. The lowest BCUT2D eigenvalue weighted by molar-refractivity contribution is -0.156. The van der Waals surface area contributed by atoms with Crippen molar-refractivity contribution in [3.63, 3.8) is 0 Å². The third-order valence-electron chi connectivity index (χ3n) is 4.77. The Morgan fingerprint density at radius 1 is 1.15 bits per heavy atom. The standard InChI is InChI=1S/C23H27N5O5/c1-12(20-15-8-14(27-22(24)32)5-6-16(15)28-21(20)31)17-7-13(10-25-17)11-26-18(29)9-19(30)33-23(2,3)4/h5-8,10,25H,9,11H2,1-4H3,(H,26,29)(H,28,31)(H3,24,27,32)/b20-12-. The summed E-state index contributed by atoms with van der Waals surface area (Å²) in [5, 5.41) is 7.99. The van der Waals surface area contributed by atoms with E-state index >= 15 is 0 Å². The number of aromatic amines is 1. The van der Waals surface area contributed by atoms with Gasteiger partial charge in [-0.3, -0.25) is 14.4 Å². The molecule has 0 unspecified atom stereocenters. The van der Waals surface area contributed by atoms with Crippen LogP contribution in [0.1, 0.15) is 50.9 Å². The lowest BCUT2D eigenvalue weighted by Crippen LogP contribution is -2.30. The minimum atomic E-state index is -0.697. The second-order valence-electron chi connectivity index (χ2n) is 8.67. The number of carbonyl (C=O) groups excluding carboxylic acids is 4. The highest BCUT2D eigenvalue weighted by atomic mass is 16.6. The van der Waals surface area contributed by atoms with E-state index < -0.39 is 23.5 Å². The van der Waals surface area contributed by atoms with Crippen LogP contribution in [0.25, 0.3) is 11.1 Å². The van der Waals surface area contributed by atoms with Gasteiger partial charge in [0.15, 0.2) is 0 Å². The van der Waals surface area contributed by atoms with Crippen LogP contribution in [0.2, 0.25) is 0 Å². The van der Waals surface area contributed by atoms with Gasteiger partial charge in [0.25, 0.3) is 5.91 Å². The number of primary amides is 1. The summed E-state index contributed by atoms with van der Waals surface area (Å²) in [7, 11) is 0. The summed E-state index contributed by atoms with van der Waals surface area (Å²) in [6, 6.07) is 6.13. The van der Waals surface area contributed by atoms with Gasteiger partial charge in [0, 0.05) is 35.4 Å². The zero-order valence-electron chi connectivity index (χ0n) is 18.9. The molecule has 0 atom stereocenters. The van der Waals surface area contributed by atoms with Gasteiger partial charge in [0.1, 0.15) is 12.0 Å². The number of amides is 4. The van der Waals surface area contributed by atoms with E-state index in [0.717, 1.165) is 5.56 Å². The SMILES string of the molecule is C/C(=C1/C(=O)Nc2ccc(NC(N)=O)cc21)c1cc(CNC(=O)CC(=O)OC(C)(C)C)c[nH]1. The molecule has 10 heteroatoms. The van der Waals surface area contributed by atoms with Crippen molar-refractivity contribution in [2.75, 3.05) is 10.6 Å². The van der Waals surface area contributed by atoms with E-state index in [-0.39, 0.29) is 18.9 Å². The second-order valence-corrected chi connectivity index (χ2v) is 8.67. The number of benzene rings is 1. The van der Waals surface area contributed by atoms with Crippen molar-refractivity contribution in [3.8, 4) is 0 Å². The van der Waals surface area contributed by atoms with Gasteiger partial charge >= 0.3 is 12.0 Å². The molecule has 1 aromatic carbocycles. The van der Waals surface area contributed by atoms with Gasteiger partial charge in [0.2, 0.25) is 5.91 Å². The van der Waals surface area contributed by atoms with Crippen LogP contribution in [0.5, 0.6) is 0 Å². The van der Waals surface area contributed by atoms with Crippen LogP contribution in [0.4, 0.5) is 16.2 Å². The molecule has 33 heavy (non-hydrogen) atoms. The van der Waals surface area contributed by atoms with Crippen molar-refractivity contribution >= 4 is 46.3 Å². The molecular formula is C23H27N5O5. The van der Waals surface area contributed by atoms with Gasteiger partial charge in [0.05, 0.1) is 5.57 Å². The molecule has 4 amide bonds.